The molecule has 0 spiro atoms. The molecule has 0 radical (unpaired) electrons. The van der Waals surface area contributed by atoms with Crippen LogP contribution in [0.25, 0.3) is 81.8 Å². The van der Waals surface area contributed by atoms with Crippen molar-refractivity contribution in [2.45, 2.75) is 38.5 Å². The number of H-pyrrole nitrogens is 2. The van der Waals surface area contributed by atoms with Crippen molar-refractivity contribution in [3.8, 4) is 11.1 Å². The number of fused-ring (bicyclic) bond motifs is 12. The van der Waals surface area contributed by atoms with Crippen LogP contribution in [0, 0.1) is 6.57 Å². The normalized spacial score (nSPS) is 12.6. The predicted octanol–water partition coefficient (Wildman–Crippen LogP) is 7.16. The lowest BCUT2D eigenvalue weighted by molar-refractivity contribution is 0.0992. The second-order valence-electron chi connectivity index (χ2n) is 19.3. The second-order valence-corrected chi connectivity index (χ2v) is 20.2. The molecule has 0 bridgehead atoms. The van der Waals surface area contributed by atoms with E-state index in [1.54, 1.807) is 41.4 Å². The van der Waals surface area contributed by atoms with Crippen molar-refractivity contribution in [3.63, 3.8) is 0 Å². The van der Waals surface area contributed by atoms with Gasteiger partial charge in [-0.25, -0.2) is 31.5 Å². The molecule has 0 fully saturated rings. The quantitative estimate of drug-likeness (QED) is 0.0639. The van der Waals surface area contributed by atoms with E-state index in [1.807, 2.05) is 96.4 Å². The first kappa shape index (κ1) is 54.5. The first-order valence-electron chi connectivity index (χ1n) is 25.2. The van der Waals surface area contributed by atoms with Gasteiger partial charge in [0.15, 0.2) is 0 Å². The van der Waals surface area contributed by atoms with Crippen LogP contribution in [0.4, 0.5) is 23.3 Å². The Morgan fingerprint density at radius 2 is 1.15 bits per heavy atom. The smallest absolute Gasteiger partial charge is 0.294 e. The zero-order valence-corrected chi connectivity index (χ0v) is 45.3. The lowest BCUT2D eigenvalue weighted by Crippen LogP contribution is -2.20. The van der Waals surface area contributed by atoms with Gasteiger partial charge in [-0.1, -0.05) is 76.6 Å². The number of carbonyl (C=O) groups excluding carboxylic acids is 4. The Morgan fingerprint density at radius 3 is 1.72 bits per heavy atom. The molecule has 1 aliphatic carbocycles. The first-order chi connectivity index (χ1) is 39.3. The third-order valence-electron chi connectivity index (χ3n) is 13.9. The molecule has 4 aromatic carbocycles. The third-order valence-corrected chi connectivity index (χ3v) is 14.4. The Labute approximate surface area is 473 Å². The lowest BCUT2D eigenvalue weighted by atomic mass is 9.93. The number of carbonyl (C=O) groups is 4. The van der Waals surface area contributed by atoms with E-state index < -0.39 is 23.6 Å². The van der Waals surface area contributed by atoms with Gasteiger partial charge in [-0.15, -0.1) is 0 Å². The summed E-state index contributed by atoms with van der Waals surface area (Å²) < 4.78 is 4.77. The highest BCUT2D eigenvalue weighted by Gasteiger charge is 2.32. The van der Waals surface area contributed by atoms with Crippen molar-refractivity contribution in [2.24, 2.45) is 28.7 Å². The lowest BCUT2D eigenvalue weighted by Gasteiger charge is -2.15. The summed E-state index contributed by atoms with van der Waals surface area (Å²) in [6.07, 6.45) is 4.18. The van der Waals surface area contributed by atoms with E-state index in [-0.39, 0.29) is 64.2 Å². The average molecular weight is 1160 g/mol. The van der Waals surface area contributed by atoms with Gasteiger partial charge in [-0.2, -0.15) is 0 Å². The monoisotopic (exact) mass is 1160 g/mol. The summed E-state index contributed by atoms with van der Waals surface area (Å²) in [5.41, 5.74) is 61.3. The Bertz CT molecular complexity index is 4600. The third kappa shape index (κ3) is 10.2. The summed E-state index contributed by atoms with van der Waals surface area (Å²) in [5, 5.41) is 5.33. The summed E-state index contributed by atoms with van der Waals surface area (Å²) >= 11 is 3.41. The molecule has 82 heavy (non-hydrogen) atoms. The number of anilines is 4. The topological polar surface area (TPSA) is 413 Å². The SMILES string of the molecule is C[C@@H](N)CC1c2ccccc2-c2cc(C(N)=O)c(N)nc21.NC(=O)c1cc2c(nc1N)[nH]c1ccc(Br)cc12.NC(=O)c1cc2c3ccccc3n(Cc3cnc[nH]3)c2nc1N.[C-]#[N+]Cn1c2ccccc2c2cc(C(N)=O)c(N)nc21. The Morgan fingerprint density at radius 1 is 0.622 bits per heavy atom. The number of hydrogen-bond donors (Lipinski definition) is 11. The second kappa shape index (κ2) is 22.1. The van der Waals surface area contributed by atoms with Gasteiger partial charge in [0, 0.05) is 66.0 Å². The number of nitrogens with zero attached hydrogens (tertiary/aromatic N) is 8. The number of nitrogens with one attached hydrogen (secondary N) is 2. The number of aromatic amines is 2. The highest BCUT2D eigenvalue weighted by atomic mass is 79.9. The van der Waals surface area contributed by atoms with Crippen LogP contribution >= 0.6 is 15.9 Å². The van der Waals surface area contributed by atoms with E-state index in [0.29, 0.717) is 23.5 Å². The average Bonchev–Trinajstić information content (AvgIpc) is 3.37. The number of imidazole rings is 1. The first-order valence-corrected chi connectivity index (χ1v) is 26.0. The Hall–Kier alpha value is -10.9. The van der Waals surface area contributed by atoms with Crippen LogP contribution in [-0.2, 0) is 13.2 Å². The van der Waals surface area contributed by atoms with E-state index in [4.69, 9.17) is 58.2 Å². The number of amides is 4. The fraction of sp³-hybridized carbons (Fsp3) is 0.103. The highest BCUT2D eigenvalue weighted by Crippen LogP contribution is 2.46. The fourth-order valence-corrected chi connectivity index (χ4v) is 10.6. The molecule has 1 unspecified atom stereocenters. The van der Waals surface area contributed by atoms with Gasteiger partial charge in [0.25, 0.3) is 30.3 Å². The van der Waals surface area contributed by atoms with Crippen LogP contribution in [0.5, 0.6) is 0 Å². The molecular formula is C58H52BrN19O4. The molecule has 0 saturated heterocycles. The van der Waals surface area contributed by atoms with E-state index in [0.717, 1.165) is 82.3 Å². The predicted molar refractivity (Wildman–Crippen MR) is 322 cm³/mol. The standard InChI is InChI=1S/C16H14N6O.C16H18N4O.C14H11N5O.C12H9BrN4O/c17-14-12(15(18)23)5-11-10-3-1-2-4-13(10)22(16(11)21-14)7-9-6-19-8-20-9;1-8(17)6-11-9-4-2-3-5-10(9)12-7-13(16(19)21)15(18)20-14(11)12;1-17-7-19-11-5-3-2-4-8(11)9-6-10(13(16)20)12(15)18-14(9)19;13-5-1-2-9-6(3-5)7-4-8(11(15)18)10(14)17-12(7)16-9/h1-6,8H,7H2,(H2,17,21)(H2,18,23)(H,19,20);2-5,7-8,11H,6,17H2,1H3,(H2,18,20)(H2,19,21);2-6H,7H2,(H2,15,18)(H2,16,20);1-4H,(H2,15,18)(H3,14,16,17)/t;8-,11?;;/m.1../s1. The summed E-state index contributed by atoms with van der Waals surface area (Å²) in [4.78, 5) is 76.6. The number of halogens is 1. The number of benzene rings is 4. The zero-order chi connectivity index (χ0) is 58.3. The van der Waals surface area contributed by atoms with Crippen molar-refractivity contribution in [1.82, 2.24) is 44.0 Å². The van der Waals surface area contributed by atoms with Crippen molar-refractivity contribution in [3.05, 3.63) is 183 Å². The van der Waals surface area contributed by atoms with Gasteiger partial charge in [0.2, 0.25) is 0 Å². The minimum atomic E-state index is -0.612. The molecule has 12 aromatic rings. The minimum Gasteiger partial charge on any atom is -0.383 e. The van der Waals surface area contributed by atoms with E-state index in [1.165, 1.54) is 5.56 Å². The van der Waals surface area contributed by atoms with Crippen molar-refractivity contribution in [2.75, 3.05) is 22.9 Å². The van der Waals surface area contributed by atoms with Crippen molar-refractivity contribution in [1.29, 1.82) is 0 Å². The van der Waals surface area contributed by atoms with Gasteiger partial charge in [-0.05, 0) is 79.1 Å². The van der Waals surface area contributed by atoms with Crippen LogP contribution < -0.4 is 51.6 Å². The van der Waals surface area contributed by atoms with Crippen molar-refractivity contribution < 1.29 is 19.2 Å². The van der Waals surface area contributed by atoms with Gasteiger partial charge in [0.05, 0.1) is 57.5 Å². The summed E-state index contributed by atoms with van der Waals surface area (Å²) in [5.74, 6) is -1.68. The van der Waals surface area contributed by atoms with Crippen LogP contribution in [0.15, 0.2) is 132 Å². The van der Waals surface area contributed by atoms with E-state index in [9.17, 15) is 19.2 Å². The molecule has 23 nitrogen and oxygen atoms in total. The highest BCUT2D eigenvalue weighted by molar-refractivity contribution is 9.10. The number of para-hydroxylation sites is 2. The van der Waals surface area contributed by atoms with E-state index >= 15 is 0 Å². The number of nitrogens with two attached hydrogens (primary N) is 9. The maximum absolute atomic E-state index is 11.5. The molecule has 8 aromatic heterocycles. The molecule has 1 aliphatic rings. The maximum atomic E-state index is 11.5. The van der Waals surface area contributed by atoms with E-state index in [2.05, 4.69) is 61.7 Å². The molecule has 8 heterocycles. The number of hydrogen-bond acceptors (Lipinski definition) is 14. The molecular weight excluding hydrogens is 1110 g/mol. The summed E-state index contributed by atoms with van der Waals surface area (Å²) in [7, 11) is 0. The van der Waals surface area contributed by atoms with Gasteiger partial charge < -0.3 is 66.1 Å². The Balaban J connectivity index is 0.000000123. The Kier molecular flexibility index (Phi) is 14.7. The molecule has 24 heteroatoms. The molecule has 410 valence electrons. The van der Waals surface area contributed by atoms with Gasteiger partial charge >= 0.3 is 0 Å². The molecule has 0 saturated carbocycles. The van der Waals surface area contributed by atoms with Crippen molar-refractivity contribution >= 4 is 129 Å². The van der Waals surface area contributed by atoms with Crippen LogP contribution in [0.2, 0.25) is 0 Å². The summed E-state index contributed by atoms with van der Waals surface area (Å²) in [6, 6.07) is 36.2. The van der Waals surface area contributed by atoms with Crippen LogP contribution in [-0.4, -0.2) is 73.7 Å². The number of pyridine rings is 4. The zero-order valence-electron chi connectivity index (χ0n) is 43.7. The largest absolute Gasteiger partial charge is 0.383 e. The summed E-state index contributed by atoms with van der Waals surface area (Å²) in [6.45, 7) is 9.76. The van der Waals surface area contributed by atoms with Crippen LogP contribution in [0.1, 0.15) is 77.6 Å². The number of aromatic nitrogens is 9. The minimum absolute atomic E-state index is 0.0489. The molecule has 2 atom stereocenters. The number of primary amides is 4. The van der Waals surface area contributed by atoms with Gasteiger partial charge in [0.1, 0.15) is 40.2 Å². The molecule has 0 aliphatic heterocycles. The van der Waals surface area contributed by atoms with Crippen LogP contribution in [0.3, 0.4) is 0 Å². The fourth-order valence-electron chi connectivity index (χ4n) is 10.3. The molecule has 13 rings (SSSR count). The maximum Gasteiger partial charge on any atom is 0.294 e. The van der Waals surface area contributed by atoms with Gasteiger partial charge in [-0.3, -0.25) is 28.6 Å². The number of nitrogen functional groups attached to an aromatic ring is 4. The molecule has 4 amide bonds. The molecule has 20 N–H and O–H groups in total. The number of rotatable bonds is 9.